The first-order valence-corrected chi connectivity index (χ1v) is 9.95. The highest BCUT2D eigenvalue weighted by atomic mass is 32.2. The largest absolute Gasteiger partial charge is 0.341 e. The van der Waals surface area contributed by atoms with E-state index in [0.29, 0.717) is 11.6 Å². The molecule has 0 aromatic carbocycles. The van der Waals surface area contributed by atoms with E-state index in [2.05, 4.69) is 15.2 Å². The molecule has 1 N–H and O–H groups in total. The summed E-state index contributed by atoms with van der Waals surface area (Å²) >= 11 is 1.28. The van der Waals surface area contributed by atoms with Gasteiger partial charge in [0.2, 0.25) is 11.1 Å². The smallest absolute Gasteiger partial charge is 0.235 e. The van der Waals surface area contributed by atoms with E-state index in [1.54, 1.807) is 18.9 Å². The maximum Gasteiger partial charge on any atom is 0.235 e. The normalized spacial score (nSPS) is 22.0. The van der Waals surface area contributed by atoms with Crippen molar-refractivity contribution in [1.29, 1.82) is 0 Å². The first-order valence-electron chi connectivity index (χ1n) is 7.25. The van der Waals surface area contributed by atoms with Crippen molar-refractivity contribution in [1.82, 2.24) is 20.1 Å². The highest BCUT2D eigenvalue weighted by Gasteiger charge is 2.34. The van der Waals surface area contributed by atoms with Gasteiger partial charge in [-0.25, -0.2) is 13.4 Å². The van der Waals surface area contributed by atoms with Gasteiger partial charge < -0.3 is 4.90 Å². The molecule has 2 atom stereocenters. The molecule has 2 rings (SSSR count). The Balaban J connectivity index is 1.96. The molecule has 1 saturated heterocycles. The second-order valence-corrected chi connectivity index (χ2v) is 9.46. The highest BCUT2D eigenvalue weighted by Crippen LogP contribution is 2.24. The molecule has 0 unspecified atom stereocenters. The summed E-state index contributed by atoms with van der Waals surface area (Å²) in [6, 6.07) is -0.223. The molecule has 1 aliphatic rings. The Labute approximate surface area is 135 Å². The third-order valence-corrected chi connectivity index (χ3v) is 6.46. The molecule has 0 saturated carbocycles. The van der Waals surface area contributed by atoms with E-state index >= 15 is 0 Å². The Morgan fingerprint density at radius 1 is 1.41 bits per heavy atom. The fraction of sp³-hybridized carbons (Fsp3) is 0.769. The maximum atomic E-state index is 12.4. The Morgan fingerprint density at radius 3 is 2.59 bits per heavy atom. The lowest BCUT2D eigenvalue weighted by Crippen LogP contribution is -2.41. The van der Waals surface area contributed by atoms with Gasteiger partial charge in [-0.1, -0.05) is 25.6 Å². The number of H-pyrrole nitrogens is 1. The summed E-state index contributed by atoms with van der Waals surface area (Å²) in [5, 5.41) is 7.14. The number of amides is 1. The van der Waals surface area contributed by atoms with Gasteiger partial charge in [0.05, 0.1) is 16.8 Å². The Morgan fingerprint density at radius 2 is 2.09 bits per heavy atom. The van der Waals surface area contributed by atoms with Crippen molar-refractivity contribution in [2.45, 2.75) is 49.6 Å². The van der Waals surface area contributed by atoms with Crippen LogP contribution in [0.2, 0.25) is 0 Å². The minimum absolute atomic E-state index is 0.0603. The monoisotopic (exact) mass is 346 g/mol. The van der Waals surface area contributed by atoms with Gasteiger partial charge in [-0.3, -0.25) is 9.89 Å². The zero-order chi connectivity index (χ0) is 16.5. The van der Waals surface area contributed by atoms with Gasteiger partial charge in [-0.2, -0.15) is 0 Å². The molecule has 0 spiro atoms. The number of nitrogens with zero attached hydrogens (tertiary/aromatic N) is 3. The van der Waals surface area contributed by atoms with E-state index in [-0.39, 0.29) is 34.6 Å². The lowest BCUT2D eigenvalue weighted by Gasteiger charge is -2.25. The first kappa shape index (κ1) is 17.3. The van der Waals surface area contributed by atoms with Crippen LogP contribution in [-0.4, -0.2) is 64.3 Å². The zero-order valence-electron chi connectivity index (χ0n) is 13.2. The van der Waals surface area contributed by atoms with Crippen LogP contribution in [-0.2, 0) is 14.6 Å². The fourth-order valence-electron chi connectivity index (χ4n) is 2.33. The van der Waals surface area contributed by atoms with Crippen molar-refractivity contribution >= 4 is 27.5 Å². The van der Waals surface area contributed by atoms with Crippen molar-refractivity contribution in [2.24, 2.45) is 0 Å². The molecular formula is C13H22N4O3S2. The van der Waals surface area contributed by atoms with Crippen LogP contribution in [0.3, 0.4) is 0 Å². The average Bonchev–Trinajstić information content (AvgIpc) is 3.03. The van der Waals surface area contributed by atoms with Gasteiger partial charge in [-0.15, -0.1) is 5.10 Å². The molecule has 22 heavy (non-hydrogen) atoms. The molecule has 1 aromatic heterocycles. The molecule has 2 heterocycles. The van der Waals surface area contributed by atoms with E-state index in [1.165, 1.54) is 11.8 Å². The quantitative estimate of drug-likeness (QED) is 0.801. The number of thioether (sulfide) groups is 1. The van der Waals surface area contributed by atoms with Gasteiger partial charge >= 0.3 is 0 Å². The second kappa shape index (κ2) is 6.57. The van der Waals surface area contributed by atoms with Crippen LogP contribution in [0, 0.1) is 0 Å². The molecule has 0 bridgehead atoms. The summed E-state index contributed by atoms with van der Waals surface area (Å²) < 4.78 is 23.1. The number of hydrogen-bond donors (Lipinski definition) is 1. The van der Waals surface area contributed by atoms with E-state index in [0.717, 1.165) is 5.82 Å². The fourth-order valence-corrected chi connectivity index (χ4v) is 4.93. The van der Waals surface area contributed by atoms with Crippen molar-refractivity contribution < 1.29 is 13.2 Å². The maximum absolute atomic E-state index is 12.4. The number of sulfone groups is 1. The summed E-state index contributed by atoms with van der Waals surface area (Å²) in [5.41, 5.74) is 0. The van der Waals surface area contributed by atoms with Crippen molar-refractivity contribution in [2.75, 3.05) is 18.6 Å². The van der Waals surface area contributed by atoms with Crippen molar-refractivity contribution in [3.8, 4) is 0 Å². The molecule has 1 fully saturated rings. The Hall–Kier alpha value is -1.09. The van der Waals surface area contributed by atoms with Crippen LogP contribution in [0.15, 0.2) is 5.16 Å². The lowest BCUT2D eigenvalue weighted by atomic mass is 10.2. The second-order valence-electron chi connectivity index (χ2n) is 5.92. The summed E-state index contributed by atoms with van der Waals surface area (Å²) in [7, 11) is -1.33. The van der Waals surface area contributed by atoms with Crippen LogP contribution in [0.4, 0.5) is 0 Å². The third-order valence-electron chi connectivity index (χ3n) is 3.76. The number of hydrogen-bond acceptors (Lipinski definition) is 6. The van der Waals surface area contributed by atoms with Gasteiger partial charge in [-0.05, 0) is 13.3 Å². The van der Waals surface area contributed by atoms with Gasteiger partial charge in [0.1, 0.15) is 5.82 Å². The number of carbonyl (C=O) groups is 1. The summed E-state index contributed by atoms with van der Waals surface area (Å²) in [6.07, 6.45) is 0.514. The topological polar surface area (TPSA) is 96.0 Å². The lowest BCUT2D eigenvalue weighted by molar-refractivity contribution is -0.130. The van der Waals surface area contributed by atoms with Crippen LogP contribution in [0.1, 0.15) is 38.9 Å². The van der Waals surface area contributed by atoms with Gasteiger partial charge in [0.15, 0.2) is 9.84 Å². The minimum atomic E-state index is -3.00. The molecule has 0 radical (unpaired) electrons. The van der Waals surface area contributed by atoms with Gasteiger partial charge in [0, 0.05) is 19.0 Å². The molecule has 124 valence electrons. The van der Waals surface area contributed by atoms with Crippen LogP contribution < -0.4 is 0 Å². The number of rotatable bonds is 5. The highest BCUT2D eigenvalue weighted by molar-refractivity contribution is 8.00. The van der Waals surface area contributed by atoms with E-state index in [4.69, 9.17) is 0 Å². The molecular weight excluding hydrogens is 324 g/mol. The molecule has 1 aromatic rings. The van der Waals surface area contributed by atoms with Crippen molar-refractivity contribution in [3.63, 3.8) is 0 Å². The number of aromatic nitrogens is 3. The van der Waals surface area contributed by atoms with E-state index < -0.39 is 9.84 Å². The van der Waals surface area contributed by atoms with Crippen LogP contribution >= 0.6 is 11.8 Å². The first-order chi connectivity index (χ1) is 10.2. The predicted molar refractivity (Wildman–Crippen MR) is 85.6 cm³/mol. The third kappa shape index (κ3) is 4.01. The van der Waals surface area contributed by atoms with Crippen LogP contribution in [0.25, 0.3) is 0 Å². The number of carbonyl (C=O) groups excluding carboxylic acids is 1. The minimum Gasteiger partial charge on any atom is -0.341 e. The Bertz CT molecular complexity index is 641. The van der Waals surface area contributed by atoms with Gasteiger partial charge in [0.25, 0.3) is 0 Å². The van der Waals surface area contributed by atoms with E-state index in [1.807, 2.05) is 13.8 Å². The summed E-state index contributed by atoms with van der Waals surface area (Å²) in [6.45, 7) is 5.81. The molecule has 7 nitrogen and oxygen atoms in total. The standard InChI is InChI=1S/C13H22N4O3S2/c1-8(2)11-14-13(16-15-11)21-9(3)12(18)17(4)10-5-6-22(19,20)7-10/h8-10H,5-7H2,1-4H3,(H,14,15,16)/t9-,10+/m0/s1. The SMILES string of the molecule is CC(C)c1nc(S[C@@H](C)C(=O)N(C)[C@@H]2CCS(=O)(=O)C2)n[nH]1. The van der Waals surface area contributed by atoms with Crippen LogP contribution in [0.5, 0.6) is 0 Å². The summed E-state index contributed by atoms with van der Waals surface area (Å²) in [5.74, 6) is 1.17. The molecule has 1 aliphatic heterocycles. The molecule has 0 aliphatic carbocycles. The van der Waals surface area contributed by atoms with E-state index in [9.17, 15) is 13.2 Å². The predicted octanol–water partition coefficient (Wildman–Crippen LogP) is 1.05. The average molecular weight is 346 g/mol. The number of aromatic amines is 1. The van der Waals surface area contributed by atoms with Crippen molar-refractivity contribution in [3.05, 3.63) is 5.82 Å². The number of nitrogens with one attached hydrogen (secondary N) is 1. The molecule has 1 amide bonds. The zero-order valence-corrected chi connectivity index (χ0v) is 14.9. The summed E-state index contributed by atoms with van der Waals surface area (Å²) in [4.78, 5) is 18.3. The Kier molecular flexibility index (Phi) is 5.16. The molecule has 9 heteroatoms.